The van der Waals surface area contributed by atoms with Crippen molar-refractivity contribution in [3.63, 3.8) is 0 Å². The Morgan fingerprint density at radius 3 is 2.35 bits per heavy atom. The van der Waals surface area contributed by atoms with Gasteiger partial charge in [-0.1, -0.05) is 11.6 Å². The van der Waals surface area contributed by atoms with Gasteiger partial charge < -0.3 is 24.0 Å². The van der Waals surface area contributed by atoms with Crippen LogP contribution in [0.2, 0.25) is 5.02 Å². The SMILES string of the molecule is CCOP(=O)(OCC)C(=CN1CCOCC1)NC(=O)c1ccc(Cl)cc1. The number of hydrogen-bond donors (Lipinski definition) is 1. The molecular weight excluding hydrogens is 379 g/mol. The first-order valence-corrected chi connectivity index (χ1v) is 10.4. The predicted octanol–water partition coefficient (Wildman–Crippen LogP) is 3.47. The van der Waals surface area contributed by atoms with Crippen LogP contribution in [0.5, 0.6) is 0 Å². The fourth-order valence-electron chi connectivity index (χ4n) is 2.36. The maximum Gasteiger partial charge on any atom is 0.378 e. The number of nitrogens with one attached hydrogen (secondary N) is 1. The number of rotatable bonds is 8. The van der Waals surface area contributed by atoms with E-state index in [0.717, 1.165) is 0 Å². The minimum atomic E-state index is -3.66. The van der Waals surface area contributed by atoms with Gasteiger partial charge >= 0.3 is 7.60 Å². The van der Waals surface area contributed by atoms with Crippen LogP contribution >= 0.6 is 19.2 Å². The van der Waals surface area contributed by atoms with E-state index in [1.54, 1.807) is 44.3 Å². The largest absolute Gasteiger partial charge is 0.378 e. The summed E-state index contributed by atoms with van der Waals surface area (Å²) in [5.74, 6) is -0.416. The molecule has 0 radical (unpaired) electrons. The molecule has 1 saturated heterocycles. The Kier molecular flexibility index (Phi) is 8.13. The van der Waals surface area contributed by atoms with E-state index in [9.17, 15) is 9.36 Å². The van der Waals surface area contributed by atoms with Crippen LogP contribution in [0.3, 0.4) is 0 Å². The van der Waals surface area contributed by atoms with Crippen molar-refractivity contribution in [2.24, 2.45) is 0 Å². The van der Waals surface area contributed by atoms with Gasteiger partial charge in [0.2, 0.25) is 0 Å². The van der Waals surface area contributed by atoms with Crippen LogP contribution in [0, 0.1) is 0 Å². The highest BCUT2D eigenvalue weighted by Gasteiger charge is 2.32. The van der Waals surface area contributed by atoms with Gasteiger partial charge in [-0.25, -0.2) is 0 Å². The molecule has 2 rings (SSSR count). The number of morpholine rings is 1. The summed E-state index contributed by atoms with van der Waals surface area (Å²) in [6.07, 6.45) is 1.63. The lowest BCUT2D eigenvalue weighted by molar-refractivity contribution is 0.0588. The molecule has 1 aliphatic heterocycles. The summed E-state index contributed by atoms with van der Waals surface area (Å²) in [4.78, 5) is 14.5. The Hall–Kier alpha value is -1.37. The molecule has 0 saturated carbocycles. The van der Waals surface area contributed by atoms with Crippen molar-refractivity contribution in [2.75, 3.05) is 39.5 Å². The Morgan fingerprint density at radius 1 is 1.23 bits per heavy atom. The summed E-state index contributed by atoms with van der Waals surface area (Å²) in [5.41, 5.74) is 0.505. The molecule has 1 aromatic rings. The van der Waals surface area contributed by atoms with Crippen LogP contribution in [-0.2, 0) is 18.3 Å². The Labute approximate surface area is 158 Å². The van der Waals surface area contributed by atoms with Crippen molar-refractivity contribution in [1.29, 1.82) is 0 Å². The quantitative estimate of drug-likeness (QED) is 0.671. The van der Waals surface area contributed by atoms with Crippen molar-refractivity contribution < 1.29 is 23.1 Å². The summed E-state index contributed by atoms with van der Waals surface area (Å²) in [7, 11) is -3.66. The zero-order chi connectivity index (χ0) is 19.0. The molecule has 0 aliphatic carbocycles. The van der Waals surface area contributed by atoms with Crippen molar-refractivity contribution in [3.05, 3.63) is 46.5 Å². The standard InChI is InChI=1S/C17H24ClN2O5P/c1-3-24-26(22,25-4-2)16(13-20-9-11-23-12-10-20)19-17(21)14-5-7-15(18)8-6-14/h5-8,13H,3-4,9-12H2,1-2H3,(H,19,21). The smallest absolute Gasteiger partial charge is 0.378 e. The van der Waals surface area contributed by atoms with E-state index in [1.165, 1.54) is 0 Å². The van der Waals surface area contributed by atoms with Gasteiger partial charge in [0.05, 0.1) is 26.4 Å². The normalized spacial score (nSPS) is 15.8. The molecule has 1 heterocycles. The summed E-state index contributed by atoms with van der Waals surface area (Å²) >= 11 is 5.86. The average Bonchev–Trinajstić information content (AvgIpc) is 2.63. The van der Waals surface area contributed by atoms with Gasteiger partial charge in [0.1, 0.15) is 5.44 Å². The molecule has 1 aliphatic rings. The first-order valence-electron chi connectivity index (χ1n) is 8.48. The summed E-state index contributed by atoms with van der Waals surface area (Å²) in [6, 6.07) is 6.42. The van der Waals surface area contributed by atoms with Gasteiger partial charge in [0.15, 0.2) is 0 Å². The zero-order valence-corrected chi connectivity index (χ0v) is 16.6. The first-order chi connectivity index (χ1) is 12.5. The molecule has 1 N–H and O–H groups in total. The third-order valence-corrected chi connectivity index (χ3v) is 5.86. The summed E-state index contributed by atoms with van der Waals surface area (Å²) < 4.78 is 29.3. The second-order valence-electron chi connectivity index (χ2n) is 5.46. The molecule has 1 aromatic carbocycles. The molecular formula is C17H24ClN2O5P. The van der Waals surface area contributed by atoms with Crippen molar-refractivity contribution in [1.82, 2.24) is 10.2 Å². The second kappa shape index (κ2) is 10.1. The molecule has 9 heteroatoms. The average molecular weight is 403 g/mol. The predicted molar refractivity (Wildman–Crippen MR) is 100 cm³/mol. The molecule has 0 atom stereocenters. The van der Waals surface area contributed by atoms with Gasteiger partial charge in [0.25, 0.3) is 5.91 Å². The van der Waals surface area contributed by atoms with E-state index >= 15 is 0 Å². The maximum absolute atomic E-state index is 13.2. The number of benzene rings is 1. The minimum absolute atomic E-state index is 0.114. The van der Waals surface area contributed by atoms with Crippen LogP contribution in [0.1, 0.15) is 24.2 Å². The summed E-state index contributed by atoms with van der Waals surface area (Å²) in [6.45, 7) is 6.18. The van der Waals surface area contributed by atoms with E-state index in [1.807, 2.05) is 4.90 Å². The highest BCUT2D eigenvalue weighted by Crippen LogP contribution is 2.54. The zero-order valence-electron chi connectivity index (χ0n) is 14.9. The number of carbonyl (C=O) groups is 1. The third-order valence-electron chi connectivity index (χ3n) is 3.59. The van der Waals surface area contributed by atoms with Gasteiger partial charge in [-0.2, -0.15) is 0 Å². The van der Waals surface area contributed by atoms with Gasteiger partial charge in [-0.15, -0.1) is 0 Å². The number of amides is 1. The van der Waals surface area contributed by atoms with Crippen LogP contribution < -0.4 is 5.32 Å². The fraction of sp³-hybridized carbons (Fsp3) is 0.471. The topological polar surface area (TPSA) is 77.1 Å². The number of nitrogens with zero attached hydrogens (tertiary/aromatic N) is 1. The lowest BCUT2D eigenvalue weighted by Gasteiger charge is -2.28. The molecule has 0 aromatic heterocycles. The molecule has 26 heavy (non-hydrogen) atoms. The van der Waals surface area contributed by atoms with Crippen LogP contribution in [-0.4, -0.2) is 50.3 Å². The van der Waals surface area contributed by atoms with E-state index in [4.69, 9.17) is 25.4 Å². The molecule has 0 unspecified atom stereocenters. The molecule has 7 nitrogen and oxygen atoms in total. The Bertz CT molecular complexity index is 664. The van der Waals surface area contributed by atoms with Crippen LogP contribution in [0.4, 0.5) is 0 Å². The maximum atomic E-state index is 13.2. The van der Waals surface area contributed by atoms with Crippen LogP contribution in [0.25, 0.3) is 0 Å². The molecule has 0 spiro atoms. The van der Waals surface area contributed by atoms with Gasteiger partial charge in [-0.3, -0.25) is 9.36 Å². The first kappa shape index (κ1) is 20.9. The number of carbonyl (C=O) groups excluding carboxylic acids is 1. The number of hydrogen-bond acceptors (Lipinski definition) is 6. The molecule has 0 bridgehead atoms. The van der Waals surface area contributed by atoms with Crippen molar-refractivity contribution in [2.45, 2.75) is 13.8 Å². The Morgan fingerprint density at radius 2 is 1.81 bits per heavy atom. The highest BCUT2D eigenvalue weighted by molar-refractivity contribution is 7.58. The highest BCUT2D eigenvalue weighted by atomic mass is 35.5. The van der Waals surface area contributed by atoms with Gasteiger partial charge in [-0.05, 0) is 38.1 Å². The molecule has 1 amide bonds. The number of halogens is 1. The van der Waals surface area contributed by atoms with E-state index in [0.29, 0.717) is 36.9 Å². The van der Waals surface area contributed by atoms with Crippen molar-refractivity contribution in [3.8, 4) is 0 Å². The molecule has 1 fully saturated rings. The van der Waals surface area contributed by atoms with E-state index in [-0.39, 0.29) is 18.7 Å². The Balaban J connectivity index is 2.29. The third kappa shape index (κ3) is 5.83. The van der Waals surface area contributed by atoms with Crippen molar-refractivity contribution >= 4 is 25.1 Å². The fourth-order valence-corrected chi connectivity index (χ4v) is 4.06. The van der Waals surface area contributed by atoms with Gasteiger partial charge in [0, 0.05) is 29.9 Å². The van der Waals surface area contributed by atoms with E-state index < -0.39 is 13.5 Å². The van der Waals surface area contributed by atoms with E-state index in [2.05, 4.69) is 5.32 Å². The minimum Gasteiger partial charge on any atom is -0.378 e. The summed E-state index contributed by atoms with van der Waals surface area (Å²) in [5, 5.41) is 3.22. The van der Waals surface area contributed by atoms with Crippen LogP contribution in [0.15, 0.2) is 35.9 Å². The lowest BCUT2D eigenvalue weighted by Crippen LogP contribution is -2.34. The monoisotopic (exact) mass is 402 g/mol. The number of ether oxygens (including phenoxy) is 1. The lowest BCUT2D eigenvalue weighted by atomic mass is 10.2. The second-order valence-corrected chi connectivity index (χ2v) is 7.89. The molecule has 144 valence electrons.